The van der Waals surface area contributed by atoms with Crippen molar-refractivity contribution in [2.24, 2.45) is 0 Å². The lowest BCUT2D eigenvalue weighted by atomic mass is 9.83. The Balaban J connectivity index is 3.36. The maximum Gasteiger partial charge on any atom is 0.335 e. The van der Waals surface area contributed by atoms with Gasteiger partial charge in [0.1, 0.15) is 0 Å². The molecule has 0 radical (unpaired) electrons. The van der Waals surface area contributed by atoms with Crippen molar-refractivity contribution in [3.63, 3.8) is 0 Å². The van der Waals surface area contributed by atoms with E-state index in [1.54, 1.807) is 12.1 Å². The van der Waals surface area contributed by atoms with E-state index in [1.807, 2.05) is 25.1 Å². The van der Waals surface area contributed by atoms with Gasteiger partial charge < -0.3 is 5.11 Å². The fraction of sp³-hybridized carbons (Fsp3) is 0.357. The topological polar surface area (TPSA) is 37.3 Å². The molecular weight excluding hydrogens is 200 g/mol. The fourth-order valence-corrected chi connectivity index (χ4v) is 1.70. The van der Waals surface area contributed by atoms with Gasteiger partial charge in [-0.3, -0.25) is 0 Å². The summed E-state index contributed by atoms with van der Waals surface area (Å²) in [7, 11) is 0. The number of aromatic carboxylic acids is 1. The highest BCUT2D eigenvalue weighted by Crippen LogP contribution is 2.27. The number of rotatable bonds is 2. The van der Waals surface area contributed by atoms with Crippen molar-refractivity contribution < 1.29 is 9.90 Å². The Morgan fingerprint density at radius 3 is 2.38 bits per heavy atom. The summed E-state index contributed by atoms with van der Waals surface area (Å²) in [4.78, 5) is 10.9. The largest absolute Gasteiger partial charge is 0.478 e. The van der Waals surface area contributed by atoms with Gasteiger partial charge in [0.05, 0.1) is 5.56 Å². The van der Waals surface area contributed by atoms with Crippen molar-refractivity contribution in [1.29, 1.82) is 0 Å². The molecule has 0 bridgehead atoms. The molecule has 0 spiro atoms. The van der Waals surface area contributed by atoms with Gasteiger partial charge in [0.25, 0.3) is 0 Å². The molecule has 2 heteroatoms. The number of benzene rings is 1. The minimum absolute atomic E-state index is 0.0197. The summed E-state index contributed by atoms with van der Waals surface area (Å²) in [5.41, 5.74) is 2.50. The molecule has 2 nitrogen and oxygen atoms in total. The number of allylic oxidation sites excluding steroid dienone is 1. The molecular formula is C14H18O2. The van der Waals surface area contributed by atoms with Crippen molar-refractivity contribution in [2.75, 3.05) is 0 Å². The Morgan fingerprint density at radius 2 is 1.94 bits per heavy atom. The predicted molar refractivity (Wildman–Crippen MR) is 66.8 cm³/mol. The maximum absolute atomic E-state index is 10.9. The van der Waals surface area contributed by atoms with Crippen LogP contribution >= 0.6 is 0 Å². The van der Waals surface area contributed by atoms with Gasteiger partial charge in [-0.2, -0.15) is 0 Å². The minimum Gasteiger partial charge on any atom is -0.478 e. The molecule has 0 saturated carbocycles. The molecule has 86 valence electrons. The first-order valence-corrected chi connectivity index (χ1v) is 5.37. The first kappa shape index (κ1) is 12.5. The molecule has 0 aliphatic carbocycles. The van der Waals surface area contributed by atoms with Gasteiger partial charge in [0, 0.05) is 0 Å². The highest BCUT2D eigenvalue weighted by Gasteiger charge is 2.17. The standard InChI is InChI=1S/C14H18O2/c1-5-6-10-9-11(13(15)16)7-8-12(10)14(2,3)4/h5-9H,1-4H3,(H,15,16). The smallest absolute Gasteiger partial charge is 0.335 e. The summed E-state index contributed by atoms with van der Waals surface area (Å²) in [6.07, 6.45) is 3.88. The van der Waals surface area contributed by atoms with Crippen LogP contribution < -0.4 is 0 Å². The van der Waals surface area contributed by atoms with Crippen LogP contribution in [-0.4, -0.2) is 11.1 Å². The van der Waals surface area contributed by atoms with Crippen molar-refractivity contribution >= 4 is 12.0 Å². The van der Waals surface area contributed by atoms with Gasteiger partial charge in [-0.1, -0.05) is 39.0 Å². The molecule has 0 fully saturated rings. The molecule has 0 amide bonds. The third-order valence-electron chi connectivity index (χ3n) is 2.45. The predicted octanol–water partition coefficient (Wildman–Crippen LogP) is 3.72. The third kappa shape index (κ3) is 2.72. The van der Waals surface area contributed by atoms with Crippen LogP contribution in [0, 0.1) is 0 Å². The van der Waals surface area contributed by atoms with Gasteiger partial charge in [0.15, 0.2) is 0 Å². The molecule has 0 atom stereocenters. The zero-order chi connectivity index (χ0) is 12.3. The van der Waals surface area contributed by atoms with E-state index < -0.39 is 5.97 Å². The van der Waals surface area contributed by atoms with E-state index in [-0.39, 0.29) is 5.41 Å². The summed E-state index contributed by atoms with van der Waals surface area (Å²) >= 11 is 0. The van der Waals surface area contributed by atoms with Gasteiger partial charge in [-0.25, -0.2) is 4.79 Å². The van der Waals surface area contributed by atoms with Crippen LogP contribution in [0.3, 0.4) is 0 Å². The molecule has 1 aromatic carbocycles. The van der Waals surface area contributed by atoms with Gasteiger partial charge in [0.2, 0.25) is 0 Å². The monoisotopic (exact) mass is 218 g/mol. The number of carboxylic acids is 1. The lowest BCUT2D eigenvalue weighted by molar-refractivity contribution is 0.0697. The Hall–Kier alpha value is -1.57. The van der Waals surface area contributed by atoms with E-state index in [9.17, 15) is 4.79 Å². The van der Waals surface area contributed by atoms with Crippen molar-refractivity contribution in [3.05, 3.63) is 41.0 Å². The molecule has 0 heterocycles. The molecule has 1 rings (SSSR count). The Labute approximate surface area is 96.6 Å². The van der Waals surface area contributed by atoms with Crippen LogP contribution in [-0.2, 0) is 5.41 Å². The lowest BCUT2D eigenvalue weighted by Crippen LogP contribution is -2.13. The van der Waals surface area contributed by atoms with Crippen LogP contribution in [0.4, 0.5) is 0 Å². The third-order valence-corrected chi connectivity index (χ3v) is 2.45. The Morgan fingerprint density at radius 1 is 1.31 bits per heavy atom. The summed E-state index contributed by atoms with van der Waals surface area (Å²) in [6.45, 7) is 8.29. The second-order valence-electron chi connectivity index (χ2n) is 4.86. The van der Waals surface area contributed by atoms with E-state index in [0.717, 1.165) is 11.1 Å². The highest BCUT2D eigenvalue weighted by molar-refractivity contribution is 5.88. The Kier molecular flexibility index (Phi) is 3.53. The van der Waals surface area contributed by atoms with Gasteiger partial charge in [-0.05, 0) is 35.6 Å². The van der Waals surface area contributed by atoms with E-state index in [0.29, 0.717) is 5.56 Å². The molecule has 16 heavy (non-hydrogen) atoms. The van der Waals surface area contributed by atoms with Crippen molar-refractivity contribution in [2.45, 2.75) is 33.1 Å². The number of carbonyl (C=O) groups is 1. The molecule has 1 N–H and O–H groups in total. The normalized spacial score (nSPS) is 12.0. The summed E-state index contributed by atoms with van der Waals surface area (Å²) in [5, 5.41) is 8.95. The highest BCUT2D eigenvalue weighted by atomic mass is 16.4. The van der Waals surface area contributed by atoms with Crippen molar-refractivity contribution in [1.82, 2.24) is 0 Å². The lowest BCUT2D eigenvalue weighted by Gasteiger charge is -2.22. The summed E-state index contributed by atoms with van der Waals surface area (Å²) in [5.74, 6) is -0.883. The molecule has 0 aliphatic rings. The quantitative estimate of drug-likeness (QED) is 0.821. The summed E-state index contributed by atoms with van der Waals surface area (Å²) < 4.78 is 0. The SMILES string of the molecule is CC=Cc1cc(C(=O)O)ccc1C(C)(C)C. The van der Waals surface area contributed by atoms with E-state index >= 15 is 0 Å². The van der Waals surface area contributed by atoms with E-state index in [4.69, 9.17) is 5.11 Å². The Bertz CT molecular complexity index is 423. The first-order chi connectivity index (χ1) is 7.36. The number of hydrogen-bond acceptors (Lipinski definition) is 1. The number of hydrogen-bond donors (Lipinski definition) is 1. The molecule has 0 unspecified atom stereocenters. The summed E-state index contributed by atoms with van der Waals surface area (Å²) in [6, 6.07) is 5.29. The minimum atomic E-state index is -0.883. The van der Waals surface area contributed by atoms with E-state index in [2.05, 4.69) is 20.8 Å². The van der Waals surface area contributed by atoms with Crippen LogP contribution in [0.5, 0.6) is 0 Å². The van der Waals surface area contributed by atoms with Crippen LogP contribution in [0.2, 0.25) is 0 Å². The number of carboxylic acid groups (broad SMARTS) is 1. The van der Waals surface area contributed by atoms with Crippen LogP contribution in [0.25, 0.3) is 6.08 Å². The van der Waals surface area contributed by atoms with Gasteiger partial charge >= 0.3 is 5.97 Å². The second-order valence-corrected chi connectivity index (χ2v) is 4.86. The molecule has 0 aliphatic heterocycles. The fourth-order valence-electron chi connectivity index (χ4n) is 1.70. The van der Waals surface area contributed by atoms with Gasteiger partial charge in [-0.15, -0.1) is 0 Å². The molecule has 0 saturated heterocycles. The molecule has 1 aromatic rings. The average molecular weight is 218 g/mol. The second kappa shape index (κ2) is 4.52. The maximum atomic E-state index is 10.9. The average Bonchev–Trinajstić information content (AvgIpc) is 2.16. The van der Waals surface area contributed by atoms with Crippen LogP contribution in [0.1, 0.15) is 49.2 Å². The van der Waals surface area contributed by atoms with Crippen molar-refractivity contribution in [3.8, 4) is 0 Å². The van der Waals surface area contributed by atoms with E-state index in [1.165, 1.54) is 0 Å². The first-order valence-electron chi connectivity index (χ1n) is 5.37. The van der Waals surface area contributed by atoms with Crippen LogP contribution in [0.15, 0.2) is 24.3 Å². The zero-order valence-corrected chi connectivity index (χ0v) is 10.2. The zero-order valence-electron chi connectivity index (χ0n) is 10.2. The molecule has 0 aromatic heterocycles.